The van der Waals surface area contributed by atoms with Gasteiger partial charge in [0.25, 0.3) is 0 Å². The number of carbonyl (C=O) groups excluding carboxylic acids is 1. The predicted molar refractivity (Wildman–Crippen MR) is 37.1 cm³/mol. The molecule has 1 saturated heterocycles. The summed E-state index contributed by atoms with van der Waals surface area (Å²) in [6.07, 6.45) is 1.13. The third-order valence-electron chi connectivity index (χ3n) is 1.64. The molecule has 3 heteroatoms. The van der Waals surface area contributed by atoms with Crippen LogP contribution in [0, 0.1) is 5.92 Å². The number of rotatable bonds is 1. The molecule has 1 aliphatic heterocycles. The molecule has 0 N–H and O–H groups in total. The van der Waals surface area contributed by atoms with Gasteiger partial charge >= 0.3 is 5.97 Å². The predicted octanol–water partition coefficient (Wildman–Crippen LogP) is 0.806. The highest BCUT2D eigenvalue weighted by atomic mass is 16.7. The van der Waals surface area contributed by atoms with Crippen molar-refractivity contribution in [3.05, 3.63) is 0 Å². The lowest BCUT2D eigenvalue weighted by Crippen LogP contribution is -2.23. The molecule has 1 fully saturated rings. The zero-order valence-electron chi connectivity index (χ0n) is 6.46. The van der Waals surface area contributed by atoms with E-state index in [1.807, 2.05) is 0 Å². The normalized spacial score (nSPS) is 26.8. The highest BCUT2D eigenvalue weighted by Gasteiger charge is 2.20. The van der Waals surface area contributed by atoms with Crippen molar-refractivity contribution in [3.63, 3.8) is 0 Å². The first-order valence-corrected chi connectivity index (χ1v) is 3.62. The van der Waals surface area contributed by atoms with Crippen molar-refractivity contribution < 1.29 is 9.63 Å². The first-order valence-electron chi connectivity index (χ1n) is 3.62. The number of hydrogen-bond acceptors (Lipinski definition) is 3. The Labute approximate surface area is 60.9 Å². The molecule has 1 unspecified atom stereocenters. The topological polar surface area (TPSA) is 29.5 Å². The SMILES string of the molecule is CC(=O)ON1CCC(C)C1. The molecule has 0 radical (unpaired) electrons. The van der Waals surface area contributed by atoms with Gasteiger partial charge in [0.05, 0.1) is 0 Å². The third kappa shape index (κ3) is 1.99. The van der Waals surface area contributed by atoms with Crippen LogP contribution in [0.1, 0.15) is 20.3 Å². The number of carbonyl (C=O) groups is 1. The standard InChI is InChI=1S/C7H13NO2/c1-6-3-4-8(5-6)10-7(2)9/h6H,3-5H2,1-2H3. The molecule has 3 nitrogen and oxygen atoms in total. The quantitative estimate of drug-likeness (QED) is 0.544. The van der Waals surface area contributed by atoms with Gasteiger partial charge in [-0.1, -0.05) is 6.92 Å². The molecule has 0 aromatic carbocycles. The lowest BCUT2D eigenvalue weighted by molar-refractivity contribution is -0.182. The highest BCUT2D eigenvalue weighted by molar-refractivity contribution is 5.65. The van der Waals surface area contributed by atoms with Crippen LogP contribution in [0.15, 0.2) is 0 Å². The van der Waals surface area contributed by atoms with E-state index in [0.29, 0.717) is 5.92 Å². The Morgan fingerprint density at radius 3 is 2.80 bits per heavy atom. The van der Waals surface area contributed by atoms with Gasteiger partial charge in [0.1, 0.15) is 0 Å². The largest absolute Gasteiger partial charge is 0.368 e. The summed E-state index contributed by atoms with van der Waals surface area (Å²) >= 11 is 0. The maximum atomic E-state index is 10.4. The molecule has 10 heavy (non-hydrogen) atoms. The van der Waals surface area contributed by atoms with Gasteiger partial charge in [-0.05, 0) is 12.3 Å². The second-order valence-electron chi connectivity index (χ2n) is 2.86. The summed E-state index contributed by atoms with van der Waals surface area (Å²) in [5.74, 6) is 0.452. The fraction of sp³-hybridized carbons (Fsp3) is 0.857. The average Bonchev–Trinajstić information content (AvgIpc) is 2.13. The molecule has 1 rings (SSSR count). The molecular formula is C7H13NO2. The summed E-state index contributed by atoms with van der Waals surface area (Å²) < 4.78 is 0. The third-order valence-corrected chi connectivity index (χ3v) is 1.64. The lowest BCUT2D eigenvalue weighted by atomic mass is 10.2. The summed E-state index contributed by atoms with van der Waals surface area (Å²) in [5, 5.41) is 1.73. The van der Waals surface area contributed by atoms with Crippen molar-refractivity contribution in [1.29, 1.82) is 0 Å². The summed E-state index contributed by atoms with van der Waals surface area (Å²) in [4.78, 5) is 15.3. The van der Waals surface area contributed by atoms with Crippen LogP contribution in [-0.2, 0) is 9.63 Å². The van der Waals surface area contributed by atoms with Crippen LogP contribution >= 0.6 is 0 Å². The smallest absolute Gasteiger partial charge is 0.322 e. The van der Waals surface area contributed by atoms with Gasteiger partial charge in [0, 0.05) is 20.0 Å². The second-order valence-corrected chi connectivity index (χ2v) is 2.86. The molecule has 0 bridgehead atoms. The van der Waals surface area contributed by atoms with Crippen molar-refractivity contribution in [2.45, 2.75) is 20.3 Å². The minimum absolute atomic E-state index is 0.214. The Kier molecular flexibility index (Phi) is 2.27. The van der Waals surface area contributed by atoms with E-state index in [9.17, 15) is 4.79 Å². The average molecular weight is 143 g/mol. The molecule has 0 aromatic rings. The van der Waals surface area contributed by atoms with Crippen LogP contribution < -0.4 is 0 Å². The van der Waals surface area contributed by atoms with Gasteiger partial charge < -0.3 is 4.84 Å². The minimum atomic E-state index is -0.214. The first kappa shape index (κ1) is 7.54. The van der Waals surface area contributed by atoms with Crippen molar-refractivity contribution in [1.82, 2.24) is 5.06 Å². The number of hydrogen-bond donors (Lipinski definition) is 0. The lowest BCUT2D eigenvalue weighted by Gasteiger charge is -2.12. The Bertz CT molecular complexity index is 136. The molecule has 1 atom stereocenters. The second kappa shape index (κ2) is 3.01. The monoisotopic (exact) mass is 143 g/mol. The van der Waals surface area contributed by atoms with E-state index in [2.05, 4.69) is 6.92 Å². The van der Waals surface area contributed by atoms with Crippen molar-refractivity contribution >= 4 is 5.97 Å². The molecular weight excluding hydrogens is 130 g/mol. The summed E-state index contributed by atoms with van der Waals surface area (Å²) in [6.45, 7) is 5.37. The van der Waals surface area contributed by atoms with Crippen LogP contribution in [0.4, 0.5) is 0 Å². The molecule has 0 spiro atoms. The van der Waals surface area contributed by atoms with Crippen molar-refractivity contribution in [3.8, 4) is 0 Å². The molecule has 0 aromatic heterocycles. The Balaban J connectivity index is 2.24. The molecule has 0 saturated carbocycles. The fourth-order valence-corrected chi connectivity index (χ4v) is 1.16. The highest BCUT2D eigenvalue weighted by Crippen LogP contribution is 2.14. The zero-order valence-corrected chi connectivity index (χ0v) is 6.46. The maximum absolute atomic E-state index is 10.4. The van der Waals surface area contributed by atoms with E-state index < -0.39 is 0 Å². The maximum Gasteiger partial charge on any atom is 0.322 e. The van der Waals surface area contributed by atoms with Crippen LogP contribution in [0.2, 0.25) is 0 Å². The Morgan fingerprint density at radius 1 is 1.70 bits per heavy atom. The Morgan fingerprint density at radius 2 is 2.40 bits per heavy atom. The van der Waals surface area contributed by atoms with Gasteiger partial charge in [0.15, 0.2) is 0 Å². The van der Waals surface area contributed by atoms with Crippen LogP contribution in [0.3, 0.4) is 0 Å². The first-order chi connectivity index (χ1) is 4.68. The van der Waals surface area contributed by atoms with Gasteiger partial charge in [-0.2, -0.15) is 0 Å². The van der Waals surface area contributed by atoms with Crippen LogP contribution in [0.5, 0.6) is 0 Å². The molecule has 1 heterocycles. The van der Waals surface area contributed by atoms with E-state index in [1.165, 1.54) is 6.92 Å². The molecule has 0 aliphatic carbocycles. The van der Waals surface area contributed by atoms with Crippen LogP contribution in [-0.4, -0.2) is 24.1 Å². The minimum Gasteiger partial charge on any atom is -0.368 e. The van der Waals surface area contributed by atoms with Crippen molar-refractivity contribution in [2.24, 2.45) is 5.92 Å². The van der Waals surface area contributed by atoms with E-state index in [-0.39, 0.29) is 5.97 Å². The zero-order chi connectivity index (χ0) is 7.56. The van der Waals surface area contributed by atoms with E-state index in [4.69, 9.17) is 4.84 Å². The molecule has 1 aliphatic rings. The molecule has 58 valence electrons. The summed E-state index contributed by atoms with van der Waals surface area (Å²) in [5.41, 5.74) is 0. The fourth-order valence-electron chi connectivity index (χ4n) is 1.16. The van der Waals surface area contributed by atoms with Gasteiger partial charge in [-0.15, -0.1) is 5.06 Å². The summed E-state index contributed by atoms with van der Waals surface area (Å²) in [6, 6.07) is 0. The van der Waals surface area contributed by atoms with Crippen LogP contribution in [0.25, 0.3) is 0 Å². The van der Waals surface area contributed by atoms with Gasteiger partial charge in [0.2, 0.25) is 0 Å². The van der Waals surface area contributed by atoms with Gasteiger partial charge in [-0.3, -0.25) is 4.79 Å². The Hall–Kier alpha value is -0.570. The van der Waals surface area contributed by atoms with E-state index in [1.54, 1.807) is 5.06 Å². The summed E-state index contributed by atoms with van der Waals surface area (Å²) in [7, 11) is 0. The number of nitrogens with zero attached hydrogens (tertiary/aromatic N) is 1. The van der Waals surface area contributed by atoms with Gasteiger partial charge in [-0.25, -0.2) is 0 Å². The molecule has 0 amide bonds. The van der Waals surface area contributed by atoms with E-state index >= 15 is 0 Å². The van der Waals surface area contributed by atoms with E-state index in [0.717, 1.165) is 19.5 Å². The number of hydroxylamine groups is 2. The van der Waals surface area contributed by atoms with Crippen molar-refractivity contribution in [2.75, 3.05) is 13.1 Å².